The van der Waals surface area contributed by atoms with Crippen molar-refractivity contribution in [2.45, 2.75) is 63.1 Å². The van der Waals surface area contributed by atoms with Gasteiger partial charge < -0.3 is 35.0 Å². The molecule has 9 rings (SSSR count). The number of methoxy groups -OCH3 is 1. The summed E-state index contributed by atoms with van der Waals surface area (Å²) >= 11 is 0. The summed E-state index contributed by atoms with van der Waals surface area (Å²) in [5.41, 5.74) is 5.80. The number of aliphatic hydroxyl groups is 1. The highest BCUT2D eigenvalue weighted by Crippen LogP contribution is 2.36. The van der Waals surface area contributed by atoms with Gasteiger partial charge in [-0.05, 0) is 50.1 Å². The zero-order valence-corrected chi connectivity index (χ0v) is 31.4. The first-order valence-electron chi connectivity index (χ1n) is 18.8. The molecule has 0 spiro atoms. The van der Waals surface area contributed by atoms with E-state index in [1.807, 2.05) is 28.5 Å². The third-order valence-corrected chi connectivity index (χ3v) is 11.3. The van der Waals surface area contributed by atoms with Crippen LogP contribution in [0.3, 0.4) is 0 Å². The molecule has 3 N–H and O–H groups in total. The van der Waals surface area contributed by atoms with Crippen LogP contribution in [0.15, 0.2) is 70.3 Å². The lowest BCUT2D eigenvalue weighted by atomic mass is 10.1. The van der Waals surface area contributed by atoms with Gasteiger partial charge in [-0.2, -0.15) is 4.99 Å². The number of hydrazine groups is 1. The van der Waals surface area contributed by atoms with Gasteiger partial charge in [-0.3, -0.25) is 19.5 Å². The number of benzene rings is 2. The number of likely N-dealkylation sites (N-methyl/N-ethyl adjacent to an activating group) is 1. The maximum absolute atomic E-state index is 15.3. The van der Waals surface area contributed by atoms with Gasteiger partial charge in [-0.1, -0.05) is 6.07 Å². The highest BCUT2D eigenvalue weighted by molar-refractivity contribution is 6.13. The van der Waals surface area contributed by atoms with Crippen molar-refractivity contribution in [3.63, 3.8) is 0 Å². The minimum absolute atomic E-state index is 0.00152. The van der Waals surface area contributed by atoms with Crippen molar-refractivity contribution in [1.82, 2.24) is 34.7 Å². The Labute approximate surface area is 325 Å². The number of pyridine rings is 1. The van der Waals surface area contributed by atoms with Gasteiger partial charge in [0.15, 0.2) is 12.0 Å². The molecule has 5 aliphatic heterocycles. The molecule has 7 heterocycles. The summed E-state index contributed by atoms with van der Waals surface area (Å²) in [5, 5.41) is 15.1. The molecule has 2 unspecified atom stereocenters. The lowest BCUT2D eigenvalue weighted by Crippen LogP contribution is -2.52. The lowest BCUT2D eigenvalue weighted by Gasteiger charge is -2.36. The molecular weight excluding hydrogens is 743 g/mol. The van der Waals surface area contributed by atoms with E-state index in [0.29, 0.717) is 64.7 Å². The standard InChI is InChI=1S/C39H40F3N11O4/c1-20-44-30-13-22(41)11-26-29-5-4-6-33(46-29)45-23-14-32(38(56)49(2)17-25(57-3)18-50(20)35(26)30)51(16-23)36-27-15-43-53(31-9-7-21(40)12-28(31)42)37(27)48-39(47-36)52-24(19-54)8-10-34(52)55/h4-7,9,11-13,15,23-25,32,37,43,54H,8,10,14,16-19H2,1-3H3,(H,45,46)/t23-,24?,25-,32-,37?/m0/s1. The first kappa shape index (κ1) is 36.6. The van der Waals surface area contributed by atoms with E-state index in [-0.39, 0.29) is 55.6 Å². The predicted octanol–water partition coefficient (Wildman–Crippen LogP) is 3.15. The first-order chi connectivity index (χ1) is 27.5. The number of carbonyl (C=O) groups is 2. The topological polar surface area (TPSA) is 156 Å². The Bertz CT molecular complexity index is 2400. The summed E-state index contributed by atoms with van der Waals surface area (Å²) in [6.45, 7) is 2.27. The molecule has 15 nitrogen and oxygen atoms in total. The van der Waals surface area contributed by atoms with Crippen LogP contribution in [-0.4, -0.2) is 122 Å². The summed E-state index contributed by atoms with van der Waals surface area (Å²) in [4.78, 5) is 52.2. The number of hydrogen-bond donors (Lipinski definition) is 3. The van der Waals surface area contributed by atoms with Crippen LogP contribution in [-0.2, 0) is 20.9 Å². The average Bonchev–Trinajstić information content (AvgIpc) is 3.97. The molecule has 0 saturated carbocycles. The summed E-state index contributed by atoms with van der Waals surface area (Å²) in [7, 11) is 3.28. The number of aryl methyl sites for hydroxylation is 1. The fraction of sp³-hybridized carbons (Fsp3) is 0.385. The zero-order valence-electron chi connectivity index (χ0n) is 31.4. The predicted molar refractivity (Wildman–Crippen MR) is 204 cm³/mol. The maximum atomic E-state index is 15.3. The van der Waals surface area contributed by atoms with Crippen LogP contribution in [0.2, 0.25) is 0 Å². The number of guanidine groups is 1. The van der Waals surface area contributed by atoms with Crippen LogP contribution in [0.5, 0.6) is 0 Å². The molecule has 2 amide bonds. The maximum Gasteiger partial charge on any atom is 0.245 e. The number of likely N-dealkylation sites (tertiary alicyclic amines) is 2. The molecule has 5 aliphatic rings. The Morgan fingerprint density at radius 3 is 2.65 bits per heavy atom. The number of aromatic nitrogens is 3. The van der Waals surface area contributed by atoms with E-state index in [1.54, 1.807) is 31.3 Å². The third kappa shape index (κ3) is 6.32. The van der Waals surface area contributed by atoms with Crippen molar-refractivity contribution in [2.24, 2.45) is 9.98 Å². The Morgan fingerprint density at radius 2 is 1.86 bits per heavy atom. The smallest absolute Gasteiger partial charge is 0.245 e. The number of rotatable bonds is 3. The van der Waals surface area contributed by atoms with Crippen molar-refractivity contribution in [1.29, 1.82) is 0 Å². The summed E-state index contributed by atoms with van der Waals surface area (Å²) in [6.07, 6.45) is 1.01. The highest BCUT2D eigenvalue weighted by Gasteiger charge is 2.47. The molecule has 0 radical (unpaired) electrons. The number of imidazole rings is 1. The fourth-order valence-corrected chi connectivity index (χ4v) is 8.56. The number of ether oxygens (including phenoxy) is 1. The third-order valence-electron chi connectivity index (χ3n) is 11.3. The van der Waals surface area contributed by atoms with E-state index in [1.165, 1.54) is 28.1 Å². The van der Waals surface area contributed by atoms with Gasteiger partial charge in [0.2, 0.25) is 17.8 Å². The van der Waals surface area contributed by atoms with Crippen LogP contribution < -0.4 is 15.8 Å². The second-order valence-corrected chi connectivity index (χ2v) is 14.9. The quantitative estimate of drug-likeness (QED) is 0.282. The number of fused-ring (bicyclic) bond motifs is 6. The zero-order chi connectivity index (χ0) is 39.7. The van der Waals surface area contributed by atoms with Gasteiger partial charge in [0.25, 0.3) is 0 Å². The fourth-order valence-electron chi connectivity index (χ4n) is 8.56. The number of nitrogens with one attached hydrogen (secondary N) is 2. The van der Waals surface area contributed by atoms with Gasteiger partial charge in [-0.25, -0.2) is 28.1 Å². The Balaban J connectivity index is 1.14. The van der Waals surface area contributed by atoms with Gasteiger partial charge in [0.05, 0.1) is 53.3 Å². The molecule has 2 fully saturated rings. The van der Waals surface area contributed by atoms with Gasteiger partial charge >= 0.3 is 0 Å². The summed E-state index contributed by atoms with van der Waals surface area (Å²) < 4.78 is 52.3. The molecule has 0 aliphatic carbocycles. The Morgan fingerprint density at radius 1 is 1.02 bits per heavy atom. The van der Waals surface area contributed by atoms with Crippen molar-refractivity contribution in [2.75, 3.05) is 44.2 Å². The molecule has 18 heteroatoms. The van der Waals surface area contributed by atoms with Crippen LogP contribution in [0.1, 0.15) is 25.1 Å². The van der Waals surface area contributed by atoms with E-state index in [2.05, 4.69) is 15.7 Å². The molecule has 2 aromatic heterocycles. The van der Waals surface area contributed by atoms with Gasteiger partial charge in [0, 0.05) is 63.6 Å². The SMILES string of the molecule is CO[C@H]1CN(C)C(=O)[C@@H]2C[C@@H](CN2C2=NC(N3C(=O)CCC3CO)=NC3C2=CNN3c2ccc(F)cc2F)Nc2cccc(n2)-c2cc(F)cc3nc(C)n(c23)C1. The van der Waals surface area contributed by atoms with Crippen molar-refractivity contribution < 1.29 is 32.6 Å². The van der Waals surface area contributed by atoms with Gasteiger partial charge in [-0.15, -0.1) is 0 Å². The Kier molecular flexibility index (Phi) is 9.11. The van der Waals surface area contributed by atoms with Crippen molar-refractivity contribution >= 4 is 46.1 Å². The normalized spacial score (nSPS) is 24.8. The molecular formula is C39H40F3N11O4. The second-order valence-electron chi connectivity index (χ2n) is 14.9. The average molecular weight is 784 g/mol. The highest BCUT2D eigenvalue weighted by atomic mass is 19.1. The van der Waals surface area contributed by atoms with E-state index in [4.69, 9.17) is 19.7 Å². The number of aliphatic hydroxyl groups excluding tert-OH is 1. The van der Waals surface area contributed by atoms with Gasteiger partial charge in [0.1, 0.15) is 35.2 Å². The largest absolute Gasteiger partial charge is 0.394 e. The van der Waals surface area contributed by atoms with Crippen LogP contribution >= 0.6 is 0 Å². The molecule has 57 heavy (non-hydrogen) atoms. The van der Waals surface area contributed by atoms with Crippen LogP contribution in [0, 0.1) is 24.4 Å². The molecule has 4 bridgehead atoms. The summed E-state index contributed by atoms with van der Waals surface area (Å²) in [5.74, 6) is -1.08. The Hall–Kier alpha value is -6.01. The van der Waals surface area contributed by atoms with E-state index < -0.39 is 41.8 Å². The number of amidine groups is 1. The molecule has 4 aromatic rings. The first-order valence-corrected chi connectivity index (χ1v) is 18.8. The second kappa shape index (κ2) is 14.2. The number of anilines is 2. The van der Waals surface area contributed by atoms with E-state index in [0.717, 1.165) is 12.1 Å². The molecule has 296 valence electrons. The molecule has 2 saturated heterocycles. The van der Waals surface area contributed by atoms with Crippen LogP contribution in [0.4, 0.5) is 24.7 Å². The lowest BCUT2D eigenvalue weighted by molar-refractivity contribution is -0.135. The monoisotopic (exact) mass is 783 g/mol. The van der Waals surface area contributed by atoms with Crippen molar-refractivity contribution in [3.8, 4) is 11.3 Å². The number of halogens is 3. The number of amides is 2. The number of nitrogens with zero attached hydrogens (tertiary/aromatic N) is 9. The number of aliphatic imine (C=N–C) groups is 2. The van der Waals surface area contributed by atoms with Crippen LogP contribution in [0.25, 0.3) is 22.3 Å². The number of carbonyl (C=O) groups excluding carboxylic acids is 2. The number of hydrogen-bond acceptors (Lipinski definition) is 12. The summed E-state index contributed by atoms with van der Waals surface area (Å²) in [6, 6.07) is 9.74. The molecule has 2 aromatic carbocycles. The minimum Gasteiger partial charge on any atom is -0.394 e. The van der Waals surface area contributed by atoms with E-state index >= 15 is 8.78 Å². The van der Waals surface area contributed by atoms with Crippen molar-refractivity contribution in [3.05, 3.63) is 83.6 Å². The molecule has 5 atom stereocenters. The van der Waals surface area contributed by atoms with E-state index in [9.17, 15) is 19.1 Å². The minimum atomic E-state index is -0.981.